The Morgan fingerprint density at radius 2 is 1.96 bits per heavy atom. The van der Waals surface area contributed by atoms with E-state index in [1.165, 1.54) is 32.1 Å². The molecular formula is C19H29N3O3. The maximum atomic E-state index is 12.6. The van der Waals surface area contributed by atoms with Crippen LogP contribution in [0.3, 0.4) is 0 Å². The lowest BCUT2D eigenvalue weighted by Gasteiger charge is -2.34. The molecule has 6 nitrogen and oxygen atoms in total. The minimum absolute atomic E-state index is 0.0898. The normalized spacial score (nSPS) is 25.3. The van der Waals surface area contributed by atoms with E-state index < -0.39 is 0 Å². The Kier molecular flexibility index (Phi) is 5.34. The van der Waals surface area contributed by atoms with Crippen molar-refractivity contribution in [3.8, 4) is 0 Å². The number of hydrogen-bond acceptors (Lipinski definition) is 5. The first-order chi connectivity index (χ1) is 12.3. The topological polar surface area (TPSA) is 68.5 Å². The van der Waals surface area contributed by atoms with E-state index in [1.807, 2.05) is 4.90 Å². The van der Waals surface area contributed by atoms with E-state index in [9.17, 15) is 4.79 Å². The summed E-state index contributed by atoms with van der Waals surface area (Å²) in [6.45, 7) is 1.96. The maximum Gasteiger partial charge on any atom is 0.229 e. The van der Waals surface area contributed by atoms with Crippen molar-refractivity contribution in [2.24, 2.45) is 5.92 Å². The van der Waals surface area contributed by atoms with Gasteiger partial charge in [-0.15, -0.1) is 0 Å². The van der Waals surface area contributed by atoms with Gasteiger partial charge in [0.2, 0.25) is 11.8 Å². The quantitative estimate of drug-likeness (QED) is 0.788. The van der Waals surface area contributed by atoms with Gasteiger partial charge < -0.3 is 14.2 Å². The summed E-state index contributed by atoms with van der Waals surface area (Å²) in [4.78, 5) is 19.0. The lowest BCUT2D eigenvalue weighted by molar-refractivity contribution is -0.137. The van der Waals surface area contributed by atoms with E-state index in [0.717, 1.165) is 44.5 Å². The number of piperidine rings is 1. The third-order valence-electron chi connectivity index (χ3n) is 5.78. The molecule has 138 valence electrons. The summed E-state index contributed by atoms with van der Waals surface area (Å²) in [5.41, 5.74) is 0. The number of amides is 1. The standard InChI is InChI=1S/C19H29N3O3/c23-18(11-14-5-2-1-3-6-14)22-10-4-7-16(12-22)24-13-17-20-19(25-21-17)15-8-9-15/h14-16H,1-13H2. The van der Waals surface area contributed by atoms with Crippen LogP contribution < -0.4 is 0 Å². The molecule has 1 aromatic heterocycles. The van der Waals surface area contributed by atoms with E-state index >= 15 is 0 Å². The van der Waals surface area contributed by atoms with Crippen molar-refractivity contribution in [3.05, 3.63) is 11.7 Å². The lowest BCUT2D eigenvalue weighted by atomic mass is 9.86. The molecule has 2 saturated carbocycles. The van der Waals surface area contributed by atoms with Crippen molar-refractivity contribution in [2.45, 2.75) is 82.8 Å². The van der Waals surface area contributed by atoms with Crippen LogP contribution in [0.25, 0.3) is 0 Å². The molecule has 1 unspecified atom stereocenters. The number of rotatable bonds is 6. The molecule has 0 N–H and O–H groups in total. The Balaban J connectivity index is 1.23. The summed E-state index contributed by atoms with van der Waals surface area (Å²) < 4.78 is 11.2. The molecule has 2 heterocycles. The van der Waals surface area contributed by atoms with Gasteiger partial charge in [0.15, 0.2) is 5.82 Å². The predicted octanol–water partition coefficient (Wildman–Crippen LogP) is 3.43. The van der Waals surface area contributed by atoms with Crippen LogP contribution in [0.5, 0.6) is 0 Å². The second-order valence-corrected chi connectivity index (χ2v) is 7.95. The molecule has 6 heteroatoms. The zero-order chi connectivity index (χ0) is 17.1. The summed E-state index contributed by atoms with van der Waals surface area (Å²) in [5.74, 6) is 2.78. The minimum atomic E-state index is 0.0898. The summed E-state index contributed by atoms with van der Waals surface area (Å²) >= 11 is 0. The molecular weight excluding hydrogens is 318 g/mol. The zero-order valence-electron chi connectivity index (χ0n) is 15.0. The number of carbonyl (C=O) groups is 1. The Morgan fingerprint density at radius 1 is 1.12 bits per heavy atom. The number of aromatic nitrogens is 2. The third kappa shape index (κ3) is 4.60. The highest BCUT2D eigenvalue weighted by Crippen LogP contribution is 2.38. The highest BCUT2D eigenvalue weighted by atomic mass is 16.5. The van der Waals surface area contributed by atoms with Gasteiger partial charge in [-0.3, -0.25) is 4.79 Å². The van der Waals surface area contributed by atoms with Gasteiger partial charge >= 0.3 is 0 Å². The van der Waals surface area contributed by atoms with Crippen molar-refractivity contribution >= 4 is 5.91 Å². The molecule has 1 saturated heterocycles. The first-order valence-corrected chi connectivity index (χ1v) is 10.00. The first kappa shape index (κ1) is 17.0. The van der Waals surface area contributed by atoms with E-state index in [0.29, 0.717) is 36.7 Å². The predicted molar refractivity (Wildman–Crippen MR) is 91.9 cm³/mol. The molecule has 1 aromatic rings. The molecule has 0 radical (unpaired) electrons. The fourth-order valence-electron chi connectivity index (χ4n) is 4.08. The summed E-state index contributed by atoms with van der Waals surface area (Å²) in [5, 5.41) is 4.00. The number of hydrogen-bond donors (Lipinski definition) is 0. The van der Waals surface area contributed by atoms with Crippen LogP contribution in [0, 0.1) is 5.92 Å². The third-order valence-corrected chi connectivity index (χ3v) is 5.78. The molecule has 1 atom stereocenters. The Morgan fingerprint density at radius 3 is 2.76 bits per heavy atom. The summed E-state index contributed by atoms with van der Waals surface area (Å²) in [6.07, 6.45) is 11.5. The summed E-state index contributed by atoms with van der Waals surface area (Å²) in [7, 11) is 0. The number of carbonyl (C=O) groups excluding carboxylic acids is 1. The largest absolute Gasteiger partial charge is 0.368 e. The second-order valence-electron chi connectivity index (χ2n) is 7.95. The van der Waals surface area contributed by atoms with Crippen molar-refractivity contribution < 1.29 is 14.1 Å². The average Bonchev–Trinajstić information content (AvgIpc) is 3.39. The van der Waals surface area contributed by atoms with Gasteiger partial charge in [0.1, 0.15) is 6.61 Å². The van der Waals surface area contributed by atoms with Crippen LogP contribution in [-0.4, -0.2) is 40.1 Å². The average molecular weight is 347 g/mol. The Hall–Kier alpha value is -1.43. The lowest BCUT2D eigenvalue weighted by Crippen LogP contribution is -2.43. The van der Waals surface area contributed by atoms with E-state index in [1.54, 1.807) is 0 Å². The SMILES string of the molecule is O=C(CC1CCCCC1)N1CCCC(OCc2noc(C3CC3)n2)C1. The molecule has 4 rings (SSSR count). The molecule has 1 amide bonds. The fourth-order valence-corrected chi connectivity index (χ4v) is 4.08. The molecule has 0 bridgehead atoms. The van der Waals surface area contributed by atoms with Crippen molar-refractivity contribution in [2.75, 3.05) is 13.1 Å². The number of ether oxygens (including phenoxy) is 1. The van der Waals surface area contributed by atoms with E-state index in [-0.39, 0.29) is 6.10 Å². The monoisotopic (exact) mass is 347 g/mol. The van der Waals surface area contributed by atoms with Gasteiger partial charge in [0, 0.05) is 25.4 Å². The van der Waals surface area contributed by atoms with Crippen LogP contribution >= 0.6 is 0 Å². The highest BCUT2D eigenvalue weighted by molar-refractivity contribution is 5.76. The first-order valence-electron chi connectivity index (χ1n) is 10.00. The van der Waals surface area contributed by atoms with Crippen molar-refractivity contribution in [1.82, 2.24) is 15.0 Å². The van der Waals surface area contributed by atoms with Gasteiger partial charge in [-0.05, 0) is 44.4 Å². The number of likely N-dealkylation sites (tertiary alicyclic amines) is 1. The van der Waals surface area contributed by atoms with Crippen LogP contribution in [0.4, 0.5) is 0 Å². The Labute approximate surface area is 149 Å². The van der Waals surface area contributed by atoms with Gasteiger partial charge in [0.05, 0.1) is 6.10 Å². The van der Waals surface area contributed by atoms with Gasteiger partial charge in [-0.1, -0.05) is 24.4 Å². The van der Waals surface area contributed by atoms with Crippen LogP contribution in [0.15, 0.2) is 4.52 Å². The molecule has 2 aliphatic carbocycles. The fraction of sp³-hybridized carbons (Fsp3) is 0.842. The van der Waals surface area contributed by atoms with Crippen molar-refractivity contribution in [1.29, 1.82) is 0 Å². The van der Waals surface area contributed by atoms with Gasteiger partial charge in [-0.25, -0.2) is 0 Å². The van der Waals surface area contributed by atoms with Crippen molar-refractivity contribution in [3.63, 3.8) is 0 Å². The van der Waals surface area contributed by atoms with Gasteiger partial charge in [-0.2, -0.15) is 4.98 Å². The van der Waals surface area contributed by atoms with Gasteiger partial charge in [0.25, 0.3) is 0 Å². The minimum Gasteiger partial charge on any atom is -0.368 e. The zero-order valence-corrected chi connectivity index (χ0v) is 15.0. The van der Waals surface area contributed by atoms with E-state index in [4.69, 9.17) is 9.26 Å². The number of nitrogens with zero attached hydrogens (tertiary/aromatic N) is 3. The smallest absolute Gasteiger partial charge is 0.229 e. The molecule has 0 aromatic carbocycles. The molecule has 1 aliphatic heterocycles. The van der Waals surface area contributed by atoms with Crippen LogP contribution in [0.2, 0.25) is 0 Å². The molecule has 0 spiro atoms. The highest BCUT2D eigenvalue weighted by Gasteiger charge is 2.30. The summed E-state index contributed by atoms with van der Waals surface area (Å²) in [6, 6.07) is 0. The second kappa shape index (κ2) is 7.85. The maximum absolute atomic E-state index is 12.6. The Bertz CT molecular complexity index is 578. The molecule has 25 heavy (non-hydrogen) atoms. The molecule has 3 fully saturated rings. The van der Waals surface area contributed by atoms with Crippen LogP contribution in [0.1, 0.15) is 81.8 Å². The van der Waals surface area contributed by atoms with E-state index in [2.05, 4.69) is 10.1 Å². The molecule has 3 aliphatic rings. The van der Waals surface area contributed by atoms with Crippen LogP contribution in [-0.2, 0) is 16.1 Å².